The quantitative estimate of drug-likeness (QED) is 0.204. The Balaban J connectivity index is 0.830. The van der Waals surface area contributed by atoms with E-state index in [0.29, 0.717) is 66.3 Å². The summed E-state index contributed by atoms with van der Waals surface area (Å²) < 4.78 is 41.1. The van der Waals surface area contributed by atoms with Crippen LogP contribution >= 0.6 is 0 Å². The van der Waals surface area contributed by atoms with Gasteiger partial charge in [0.25, 0.3) is 5.91 Å². The van der Waals surface area contributed by atoms with Gasteiger partial charge >= 0.3 is 0 Å². The molecule has 10 rings (SSSR count). The van der Waals surface area contributed by atoms with Gasteiger partial charge in [0.15, 0.2) is 0 Å². The molecule has 3 amide bonds. The minimum absolute atomic E-state index is 0.0582. The predicted molar refractivity (Wildman–Crippen MR) is 230 cm³/mol. The highest BCUT2D eigenvalue weighted by Gasteiger charge is 2.35. The van der Waals surface area contributed by atoms with Crippen LogP contribution in [0.25, 0.3) is 22.3 Å². The molecule has 62 heavy (non-hydrogen) atoms. The summed E-state index contributed by atoms with van der Waals surface area (Å²) in [6, 6.07) is 13.0. The molecule has 3 saturated heterocycles. The lowest BCUT2D eigenvalue weighted by Crippen LogP contribution is -2.53. The number of pyridine rings is 1. The fraction of sp³-hybridized carbons (Fsp3) is 0.478. The molecule has 0 radical (unpaired) electrons. The van der Waals surface area contributed by atoms with Crippen LogP contribution in [0.5, 0.6) is 5.88 Å². The second-order valence-electron chi connectivity index (χ2n) is 17.9. The number of hydrogen-bond acceptors (Lipinski definition) is 10. The van der Waals surface area contributed by atoms with E-state index in [2.05, 4.69) is 48.3 Å². The van der Waals surface area contributed by atoms with E-state index in [0.717, 1.165) is 98.5 Å². The molecule has 4 aliphatic heterocycles. The van der Waals surface area contributed by atoms with Crippen molar-refractivity contribution in [2.75, 3.05) is 61.0 Å². The van der Waals surface area contributed by atoms with Crippen molar-refractivity contribution < 1.29 is 27.9 Å². The second-order valence-corrected chi connectivity index (χ2v) is 17.9. The van der Waals surface area contributed by atoms with Gasteiger partial charge in [0.2, 0.25) is 23.6 Å². The van der Waals surface area contributed by atoms with Crippen LogP contribution in [0.2, 0.25) is 0 Å². The molecule has 2 aromatic carbocycles. The molecule has 1 aliphatic carbocycles. The topological polar surface area (TPSA) is 143 Å². The largest absolute Gasteiger partial charge is 0.477 e. The van der Waals surface area contributed by atoms with Crippen molar-refractivity contribution in [3.05, 3.63) is 76.6 Å². The number of anilines is 3. The molecule has 0 spiro atoms. The summed E-state index contributed by atoms with van der Waals surface area (Å²) in [5.41, 5.74) is 6.64. The number of aryl methyl sites for hydroxylation is 3. The number of nitrogens with one attached hydrogen (secondary N) is 2. The number of amides is 3. The van der Waals surface area contributed by atoms with Crippen molar-refractivity contribution in [2.24, 2.45) is 18.9 Å². The average molecular weight is 847 g/mol. The van der Waals surface area contributed by atoms with Crippen LogP contribution in [-0.2, 0) is 23.2 Å². The summed E-state index contributed by atoms with van der Waals surface area (Å²) in [6.07, 6.45) is 5.02. The van der Waals surface area contributed by atoms with Crippen LogP contribution in [0.1, 0.15) is 78.2 Å². The highest BCUT2D eigenvalue weighted by atomic mass is 19.1. The zero-order chi connectivity index (χ0) is 42.8. The number of fused-ring (bicyclic) bond motifs is 9. The Kier molecular flexibility index (Phi) is 10.4. The van der Waals surface area contributed by atoms with Crippen LogP contribution in [0.4, 0.5) is 26.1 Å². The molecule has 1 saturated carbocycles. The number of halogens is 2. The Labute approximate surface area is 358 Å². The summed E-state index contributed by atoms with van der Waals surface area (Å²) >= 11 is 0. The van der Waals surface area contributed by atoms with Crippen molar-refractivity contribution in [1.82, 2.24) is 34.5 Å². The number of aromatic nitrogens is 5. The maximum Gasteiger partial charge on any atom is 0.258 e. The van der Waals surface area contributed by atoms with Gasteiger partial charge in [0, 0.05) is 93.5 Å². The molecule has 4 bridgehead atoms. The number of hydrogen-bond donors (Lipinski definition) is 2. The molecular weight excluding hydrogens is 795 g/mol. The summed E-state index contributed by atoms with van der Waals surface area (Å²) in [5.74, 6) is -1.83. The third-order valence-electron chi connectivity index (χ3n) is 13.8. The Morgan fingerprint density at radius 2 is 1.53 bits per heavy atom. The van der Waals surface area contributed by atoms with Crippen LogP contribution in [-0.4, -0.2) is 98.9 Å². The average Bonchev–Trinajstić information content (AvgIpc) is 3.93. The maximum absolute atomic E-state index is 15.3. The Morgan fingerprint density at radius 1 is 0.790 bits per heavy atom. The van der Waals surface area contributed by atoms with Crippen LogP contribution in [0, 0.1) is 37.3 Å². The zero-order valence-corrected chi connectivity index (χ0v) is 35.4. The van der Waals surface area contributed by atoms with Crippen molar-refractivity contribution >= 4 is 46.1 Å². The number of carbonyl (C=O) groups is 3. The lowest BCUT2D eigenvalue weighted by molar-refractivity contribution is -0.134. The van der Waals surface area contributed by atoms with E-state index in [4.69, 9.17) is 14.7 Å². The predicted octanol–water partition coefficient (Wildman–Crippen LogP) is 6.10. The van der Waals surface area contributed by atoms with Gasteiger partial charge in [0.05, 0.1) is 40.5 Å². The maximum atomic E-state index is 15.3. The number of rotatable bonds is 4. The van der Waals surface area contributed by atoms with Gasteiger partial charge in [0.1, 0.15) is 11.6 Å². The van der Waals surface area contributed by atoms with E-state index in [1.54, 1.807) is 10.7 Å². The molecule has 0 unspecified atom stereocenters. The SMILES string of the molecule is Cc1cc2cc(n1)-c1c(C)nn(C)c1OC[C@H]1CC[C@H](C1)Cn1c(nc3ccc(N4CCN(C5CCN(c6cc(F)c([C@H]7CCC(=O)NC7=O)c(F)c6)CC5)CC4)cc31)NC2=O. The number of nitrogens with zero attached hydrogens (tertiary/aromatic N) is 8. The minimum atomic E-state index is -1.01. The Morgan fingerprint density at radius 3 is 2.29 bits per heavy atom. The van der Waals surface area contributed by atoms with Crippen LogP contribution in [0.3, 0.4) is 0 Å². The monoisotopic (exact) mass is 846 g/mol. The van der Waals surface area contributed by atoms with Gasteiger partial charge < -0.3 is 19.1 Å². The smallest absolute Gasteiger partial charge is 0.258 e. The lowest BCUT2D eigenvalue weighted by atomic mass is 9.89. The first-order valence-corrected chi connectivity index (χ1v) is 22.0. The highest BCUT2D eigenvalue weighted by Crippen LogP contribution is 2.39. The Bertz CT molecular complexity index is 2570. The third-order valence-corrected chi connectivity index (χ3v) is 13.8. The Hall–Kier alpha value is -5.90. The van der Waals surface area contributed by atoms with Crippen LogP contribution < -0.4 is 25.2 Å². The second kappa shape index (κ2) is 16.1. The number of ether oxygens (including phenoxy) is 1. The summed E-state index contributed by atoms with van der Waals surface area (Å²) in [6.45, 7) is 9.99. The summed E-state index contributed by atoms with van der Waals surface area (Å²) in [7, 11) is 1.89. The number of piperazine rings is 1. The molecule has 3 aromatic heterocycles. The minimum Gasteiger partial charge on any atom is -0.477 e. The van der Waals surface area contributed by atoms with Gasteiger partial charge in [-0.25, -0.2) is 18.4 Å². The van der Waals surface area contributed by atoms with Gasteiger partial charge in [-0.3, -0.25) is 34.9 Å². The first kappa shape index (κ1) is 40.2. The number of piperidine rings is 2. The summed E-state index contributed by atoms with van der Waals surface area (Å²) in [5, 5.41) is 10.0. The first-order chi connectivity index (χ1) is 29.9. The molecule has 4 fully saturated rings. The fourth-order valence-corrected chi connectivity index (χ4v) is 10.6. The van der Waals surface area contributed by atoms with E-state index in [1.165, 1.54) is 12.1 Å². The molecule has 2 N–H and O–H groups in total. The highest BCUT2D eigenvalue weighted by molar-refractivity contribution is 6.05. The van der Waals surface area contributed by atoms with Gasteiger partial charge in [-0.15, -0.1) is 0 Å². The number of carbonyl (C=O) groups excluding carboxylic acids is 3. The molecule has 7 heterocycles. The third kappa shape index (κ3) is 7.55. The van der Waals surface area contributed by atoms with Crippen molar-refractivity contribution in [2.45, 2.75) is 77.3 Å². The van der Waals surface area contributed by atoms with Crippen molar-refractivity contribution in [1.29, 1.82) is 0 Å². The molecule has 5 aliphatic rings. The summed E-state index contributed by atoms with van der Waals surface area (Å²) in [4.78, 5) is 54.8. The van der Waals surface area contributed by atoms with E-state index in [9.17, 15) is 14.4 Å². The molecule has 3 atom stereocenters. The fourth-order valence-electron chi connectivity index (χ4n) is 10.6. The van der Waals surface area contributed by atoms with E-state index < -0.39 is 29.4 Å². The van der Waals surface area contributed by atoms with E-state index in [-0.39, 0.29) is 24.3 Å². The molecule has 5 aromatic rings. The number of benzene rings is 2. The van der Waals surface area contributed by atoms with E-state index in [1.807, 2.05) is 31.9 Å². The van der Waals surface area contributed by atoms with Crippen LogP contribution in [0.15, 0.2) is 42.5 Å². The standard InChI is InChI=1S/C46H52F2N10O4/c1-26-18-30-20-38(49-26)41-27(2)53-54(3)45(41)62-25-29-5-4-28(19-29)24-58-39-23-32(6-8-37(39)50-46(58)52-43(30)60)57-16-14-56(15-17-57)31-10-12-55(13-11-31)33-21-35(47)42(36(48)22-33)34-7-9-40(59)51-44(34)61/h6,8,18,20-23,28-29,31,34H,4-5,7,9-17,19,24-25H2,1-3H3,(H,50,52,60)(H,51,59,61)/t28-,29+,34-/m1/s1. The molecular formula is C46H52F2N10O4. The molecule has 16 heteroatoms. The van der Waals surface area contributed by atoms with Gasteiger partial charge in [-0.05, 0) is 107 Å². The van der Waals surface area contributed by atoms with E-state index >= 15 is 8.78 Å². The number of imidazole rings is 1. The number of imide groups is 1. The molecule has 324 valence electrons. The zero-order valence-electron chi connectivity index (χ0n) is 35.4. The van der Waals surface area contributed by atoms with Gasteiger partial charge in [-0.2, -0.15) is 5.10 Å². The molecule has 14 nitrogen and oxygen atoms in total. The van der Waals surface area contributed by atoms with Crippen molar-refractivity contribution in [3.8, 4) is 17.1 Å². The normalized spacial score (nSPS) is 22.7. The first-order valence-electron chi connectivity index (χ1n) is 22.0. The van der Waals surface area contributed by atoms with Gasteiger partial charge in [-0.1, -0.05) is 0 Å². The van der Waals surface area contributed by atoms with Crippen molar-refractivity contribution in [3.63, 3.8) is 0 Å². The lowest BCUT2D eigenvalue weighted by Gasteiger charge is -2.44.